The Balaban J connectivity index is 1.38. The monoisotopic (exact) mass is 527 g/mol. The molecule has 1 atom stereocenters. The maximum atomic E-state index is 10.00. The van der Waals surface area contributed by atoms with E-state index < -0.39 is 0 Å². The fourth-order valence-electron chi connectivity index (χ4n) is 6.51. The Labute approximate surface area is 224 Å². The van der Waals surface area contributed by atoms with Gasteiger partial charge in [-0.15, -0.1) is 11.3 Å². The molecular formula is C27H29N9OS. The van der Waals surface area contributed by atoms with E-state index in [1.54, 1.807) is 23.9 Å². The molecule has 0 aromatic carbocycles. The molecular weight excluding hydrogens is 498 g/mol. The fraction of sp³-hybridized carbons (Fsp3) is 0.444. The van der Waals surface area contributed by atoms with Crippen molar-refractivity contribution in [2.45, 2.75) is 50.4 Å². The van der Waals surface area contributed by atoms with Crippen molar-refractivity contribution >= 4 is 22.2 Å². The van der Waals surface area contributed by atoms with Gasteiger partial charge < -0.3 is 20.5 Å². The van der Waals surface area contributed by atoms with Crippen molar-refractivity contribution in [3.05, 3.63) is 52.1 Å². The van der Waals surface area contributed by atoms with Gasteiger partial charge in [0.25, 0.3) is 0 Å². The van der Waals surface area contributed by atoms with Gasteiger partial charge in [0, 0.05) is 48.5 Å². The number of nitrogens with zero attached hydrogens (tertiary/aromatic N) is 7. The molecule has 38 heavy (non-hydrogen) atoms. The average molecular weight is 528 g/mol. The summed E-state index contributed by atoms with van der Waals surface area (Å²) in [5.41, 5.74) is 9.39. The molecule has 7 rings (SSSR count). The molecule has 1 aliphatic heterocycles. The summed E-state index contributed by atoms with van der Waals surface area (Å²) in [4.78, 5) is 17.7. The first-order chi connectivity index (χ1) is 18.7. The van der Waals surface area contributed by atoms with Crippen LogP contribution in [0.5, 0.6) is 0 Å². The lowest BCUT2D eigenvalue weighted by Gasteiger charge is -2.39. The predicted octanol–water partition coefficient (Wildman–Crippen LogP) is 3.59. The van der Waals surface area contributed by atoms with Gasteiger partial charge in [-0.05, 0) is 57.1 Å². The molecule has 0 radical (unpaired) electrons. The topological polar surface area (TPSA) is 135 Å². The Morgan fingerprint density at radius 1 is 1.11 bits per heavy atom. The van der Waals surface area contributed by atoms with Gasteiger partial charge in [0.2, 0.25) is 0 Å². The van der Waals surface area contributed by atoms with E-state index in [0.717, 1.165) is 99.6 Å². The maximum Gasteiger partial charge on any atom is 0.186 e. The number of nitrogens with two attached hydrogens (primary N) is 1. The van der Waals surface area contributed by atoms with E-state index in [0.29, 0.717) is 22.1 Å². The van der Waals surface area contributed by atoms with Crippen LogP contribution in [0, 0.1) is 11.3 Å². The van der Waals surface area contributed by atoms with Crippen molar-refractivity contribution in [1.29, 1.82) is 5.26 Å². The summed E-state index contributed by atoms with van der Waals surface area (Å²) < 4.78 is 8.12. The molecule has 4 aromatic heterocycles. The molecule has 1 spiro atoms. The highest BCUT2D eigenvalue weighted by Gasteiger charge is 2.48. The number of hydrogen-bond donors (Lipinski definition) is 2. The Kier molecular flexibility index (Phi) is 5.67. The molecule has 11 heteroatoms. The lowest BCUT2D eigenvalue weighted by atomic mass is 9.63. The molecule has 10 nitrogen and oxygen atoms in total. The highest BCUT2D eigenvalue weighted by Crippen LogP contribution is 2.55. The van der Waals surface area contributed by atoms with E-state index in [1.165, 1.54) is 4.88 Å². The van der Waals surface area contributed by atoms with Gasteiger partial charge in [-0.25, -0.2) is 15.0 Å². The van der Waals surface area contributed by atoms with Gasteiger partial charge in [-0.3, -0.25) is 4.57 Å². The van der Waals surface area contributed by atoms with Gasteiger partial charge in [0.1, 0.15) is 29.0 Å². The van der Waals surface area contributed by atoms with Crippen LogP contribution in [0.25, 0.3) is 17.3 Å². The van der Waals surface area contributed by atoms with Gasteiger partial charge >= 0.3 is 0 Å². The molecule has 4 aromatic rings. The summed E-state index contributed by atoms with van der Waals surface area (Å²) in [6.45, 7) is 3.71. The Morgan fingerprint density at radius 3 is 2.82 bits per heavy atom. The number of aryl methyl sites for hydroxylation is 1. The number of thiophene rings is 1. The molecule has 0 bridgehead atoms. The average Bonchev–Trinajstić information content (AvgIpc) is 3.64. The smallest absolute Gasteiger partial charge is 0.186 e. The van der Waals surface area contributed by atoms with Crippen molar-refractivity contribution in [3.63, 3.8) is 0 Å². The standard InChI is InChI=1S/C27H29N9OS/c28-15-18-22-19(38-25(18)29)5-2-7-27(22)6-1-4-17-23(34-37-24(17)27)26-32-20(35-11-3-8-30-9-12-35)14-21(33-26)36-13-10-31-16-36/h10,13-14,16,30H,1-9,11-12,29H2/t27-/m0/s1. The van der Waals surface area contributed by atoms with Gasteiger partial charge in [0.05, 0.1) is 11.0 Å². The zero-order chi connectivity index (χ0) is 25.7. The molecule has 0 unspecified atom stereocenters. The third kappa shape index (κ3) is 3.62. The van der Waals surface area contributed by atoms with E-state index in [1.807, 2.05) is 16.8 Å². The molecule has 1 fully saturated rings. The second-order valence-electron chi connectivity index (χ2n) is 10.3. The van der Waals surface area contributed by atoms with E-state index in [-0.39, 0.29) is 5.41 Å². The molecule has 3 aliphatic rings. The van der Waals surface area contributed by atoms with Crippen molar-refractivity contribution in [2.24, 2.45) is 0 Å². The summed E-state index contributed by atoms with van der Waals surface area (Å²) in [5, 5.41) is 18.7. The summed E-state index contributed by atoms with van der Waals surface area (Å²) >= 11 is 1.56. The highest BCUT2D eigenvalue weighted by atomic mass is 32.1. The molecule has 0 saturated carbocycles. The minimum atomic E-state index is -0.368. The van der Waals surface area contributed by atoms with Crippen LogP contribution in [0.2, 0.25) is 0 Å². The Bertz CT molecular complexity index is 1520. The van der Waals surface area contributed by atoms with Gasteiger partial charge in [0.15, 0.2) is 17.3 Å². The van der Waals surface area contributed by atoms with E-state index in [4.69, 9.17) is 20.2 Å². The fourth-order valence-corrected chi connectivity index (χ4v) is 7.67. The summed E-state index contributed by atoms with van der Waals surface area (Å²) in [6.07, 6.45) is 12.1. The molecule has 3 N–H and O–H groups in total. The van der Waals surface area contributed by atoms with Crippen LogP contribution in [0.4, 0.5) is 10.8 Å². The largest absolute Gasteiger partial charge is 0.389 e. The normalized spacial score (nSPS) is 21.1. The minimum Gasteiger partial charge on any atom is -0.389 e. The first-order valence-electron chi connectivity index (χ1n) is 13.3. The molecule has 1 saturated heterocycles. The molecule has 0 amide bonds. The summed E-state index contributed by atoms with van der Waals surface area (Å²) in [7, 11) is 0. The van der Waals surface area contributed by atoms with E-state index >= 15 is 0 Å². The number of nitrogens with one attached hydrogen (secondary N) is 1. The summed E-state index contributed by atoms with van der Waals surface area (Å²) in [6, 6.07) is 4.41. The van der Waals surface area contributed by atoms with Crippen molar-refractivity contribution in [2.75, 3.05) is 36.8 Å². The van der Waals surface area contributed by atoms with Crippen LogP contribution in [-0.4, -0.2) is 50.9 Å². The lowest BCUT2D eigenvalue weighted by Crippen LogP contribution is -2.35. The number of aromatic nitrogens is 5. The van der Waals surface area contributed by atoms with Gasteiger partial charge in [-0.1, -0.05) is 5.16 Å². The van der Waals surface area contributed by atoms with Crippen LogP contribution < -0.4 is 16.0 Å². The lowest BCUT2D eigenvalue weighted by molar-refractivity contribution is 0.265. The maximum absolute atomic E-state index is 10.00. The Morgan fingerprint density at radius 2 is 1.97 bits per heavy atom. The quantitative estimate of drug-likeness (QED) is 0.410. The number of anilines is 2. The van der Waals surface area contributed by atoms with Crippen LogP contribution in [0.1, 0.15) is 59.4 Å². The second-order valence-corrected chi connectivity index (χ2v) is 11.5. The zero-order valence-electron chi connectivity index (χ0n) is 21.1. The third-order valence-corrected chi connectivity index (χ3v) is 9.28. The van der Waals surface area contributed by atoms with E-state index in [2.05, 4.69) is 26.4 Å². The third-order valence-electron chi connectivity index (χ3n) is 8.20. The van der Waals surface area contributed by atoms with Crippen LogP contribution in [0.15, 0.2) is 29.3 Å². The zero-order valence-corrected chi connectivity index (χ0v) is 21.9. The van der Waals surface area contributed by atoms with Crippen LogP contribution in [-0.2, 0) is 18.3 Å². The van der Waals surface area contributed by atoms with Crippen LogP contribution >= 0.6 is 11.3 Å². The molecule has 5 heterocycles. The number of nitriles is 1. The van der Waals surface area contributed by atoms with E-state index in [9.17, 15) is 5.26 Å². The first-order valence-corrected chi connectivity index (χ1v) is 14.1. The Hall–Kier alpha value is -3.75. The number of hydrogen-bond acceptors (Lipinski definition) is 10. The highest BCUT2D eigenvalue weighted by molar-refractivity contribution is 7.16. The van der Waals surface area contributed by atoms with Crippen molar-refractivity contribution in [1.82, 2.24) is 30.0 Å². The molecule has 194 valence electrons. The molecule has 2 aliphatic carbocycles. The minimum absolute atomic E-state index is 0.368. The second kappa shape index (κ2) is 9.22. The number of rotatable bonds is 3. The first kappa shape index (κ1) is 23.4. The van der Waals surface area contributed by atoms with Crippen molar-refractivity contribution < 1.29 is 4.52 Å². The van der Waals surface area contributed by atoms with Crippen LogP contribution in [0.3, 0.4) is 0 Å². The van der Waals surface area contributed by atoms with Crippen molar-refractivity contribution in [3.8, 4) is 23.4 Å². The SMILES string of the molecule is N#Cc1c(N)sc2c1[C@@]1(CCC2)CCCc2c(-c3nc(N4CCCNCC4)cc(-n4ccnc4)n3)noc21. The number of nitrogen functional groups attached to an aromatic ring is 1. The number of imidazole rings is 1. The number of fused-ring (bicyclic) bond motifs is 4. The van der Waals surface area contributed by atoms with Gasteiger partial charge in [-0.2, -0.15) is 5.26 Å². The predicted molar refractivity (Wildman–Crippen MR) is 144 cm³/mol. The summed E-state index contributed by atoms with van der Waals surface area (Å²) in [5.74, 6) is 3.05.